The Bertz CT molecular complexity index is 480. The smallest absolute Gasteiger partial charge is 0.282 e. The molecule has 0 aromatic rings. The van der Waals surface area contributed by atoms with Crippen LogP contribution in [0.1, 0.15) is 0 Å². The van der Waals surface area contributed by atoms with E-state index in [0.29, 0.717) is 23.8 Å². The van der Waals surface area contributed by atoms with E-state index in [1.165, 1.54) is 6.20 Å². The van der Waals surface area contributed by atoms with Crippen LogP contribution in [0.3, 0.4) is 0 Å². The summed E-state index contributed by atoms with van der Waals surface area (Å²) in [4.78, 5) is 19.3. The van der Waals surface area contributed by atoms with Crippen LogP contribution in [0.2, 0.25) is 0 Å². The Morgan fingerprint density at radius 2 is 2.36 bits per heavy atom. The Kier molecular flexibility index (Phi) is 1.27. The molecule has 6 heteroatoms. The van der Waals surface area contributed by atoms with Crippen molar-refractivity contribution in [2.45, 2.75) is 0 Å². The fourth-order valence-electron chi connectivity index (χ4n) is 1.46. The van der Waals surface area contributed by atoms with Crippen LogP contribution >= 0.6 is 0 Å². The van der Waals surface area contributed by atoms with E-state index in [4.69, 9.17) is 0 Å². The quantitative estimate of drug-likeness (QED) is 0.586. The highest BCUT2D eigenvalue weighted by Gasteiger charge is 2.29. The summed E-state index contributed by atoms with van der Waals surface area (Å²) >= 11 is 0. The third kappa shape index (κ3) is 0.819. The molecule has 68 valence electrons. The second-order valence-electron chi connectivity index (χ2n) is 2.93. The van der Waals surface area contributed by atoms with Gasteiger partial charge in [0.2, 0.25) is 0 Å². The lowest BCUT2D eigenvalue weighted by atomic mass is 10.0. The minimum absolute atomic E-state index is 0.299. The number of carbonyl (C=O) groups excluding carboxylic acids is 1. The minimum Gasteiger partial charge on any atom is -0.350 e. The van der Waals surface area contributed by atoms with Gasteiger partial charge in [0.15, 0.2) is 0 Å². The topological polar surface area (TPSA) is 78.5 Å². The Balaban J connectivity index is 2.26. The number of amidine groups is 1. The minimum atomic E-state index is -0.299. The second kappa shape index (κ2) is 2.44. The van der Waals surface area contributed by atoms with Crippen LogP contribution in [-0.2, 0) is 4.79 Å². The highest BCUT2D eigenvalue weighted by molar-refractivity contribution is 6.25. The van der Waals surface area contributed by atoms with E-state index in [1.807, 2.05) is 0 Å². The molecule has 0 fully saturated rings. The molecule has 0 aliphatic carbocycles. The fraction of sp³-hybridized carbons (Fsp3) is 0.125. The van der Waals surface area contributed by atoms with Gasteiger partial charge in [0, 0.05) is 6.21 Å². The number of rotatable bonds is 0. The lowest BCUT2D eigenvalue weighted by molar-refractivity contribution is -0.114. The van der Waals surface area contributed by atoms with Crippen LogP contribution in [0.15, 0.2) is 43.3 Å². The first kappa shape index (κ1) is 7.31. The number of nitrogens with one attached hydrogen (secondary N) is 1. The number of amides is 1. The Morgan fingerprint density at radius 1 is 1.43 bits per heavy atom. The molecule has 0 bridgehead atoms. The van der Waals surface area contributed by atoms with E-state index in [1.54, 1.807) is 6.21 Å². The third-order valence-corrected chi connectivity index (χ3v) is 2.11. The molecule has 0 saturated carbocycles. The van der Waals surface area contributed by atoms with E-state index < -0.39 is 0 Å². The largest absolute Gasteiger partial charge is 0.350 e. The van der Waals surface area contributed by atoms with E-state index >= 15 is 0 Å². The monoisotopic (exact) mass is 187 g/mol. The molecule has 0 aromatic heterocycles. The number of carbonyl (C=O) groups is 1. The van der Waals surface area contributed by atoms with Gasteiger partial charge in [-0.25, -0.2) is 0 Å². The van der Waals surface area contributed by atoms with Crippen molar-refractivity contribution < 1.29 is 4.79 Å². The van der Waals surface area contributed by atoms with Crippen LogP contribution in [0, 0.1) is 0 Å². The number of aliphatic imine (C=N–C) groups is 2. The molecule has 0 aromatic carbocycles. The average Bonchev–Trinajstić information content (AvgIpc) is 2.67. The van der Waals surface area contributed by atoms with Gasteiger partial charge in [-0.1, -0.05) is 0 Å². The lowest BCUT2D eigenvalue weighted by Gasteiger charge is -2.17. The Labute approximate surface area is 78.8 Å². The summed E-state index contributed by atoms with van der Waals surface area (Å²) in [5, 5.41) is 10.5. The molecule has 0 unspecified atom stereocenters. The summed E-state index contributed by atoms with van der Waals surface area (Å²) in [7, 11) is 0. The van der Waals surface area contributed by atoms with Crippen molar-refractivity contribution in [2.75, 3.05) is 6.67 Å². The molecular formula is C8H5N5O. The van der Waals surface area contributed by atoms with Gasteiger partial charge in [-0.15, -0.1) is 5.11 Å². The number of dihydropyridines is 1. The van der Waals surface area contributed by atoms with Crippen LogP contribution in [0.5, 0.6) is 0 Å². The molecular weight excluding hydrogens is 182 g/mol. The highest BCUT2D eigenvalue weighted by atomic mass is 16.1. The lowest BCUT2D eigenvalue weighted by Crippen LogP contribution is -2.34. The van der Waals surface area contributed by atoms with Gasteiger partial charge in [-0.05, 0) is 0 Å². The van der Waals surface area contributed by atoms with Crippen LogP contribution in [-0.4, -0.2) is 24.6 Å². The highest BCUT2D eigenvalue weighted by Crippen LogP contribution is 2.27. The number of hydrogen-bond acceptors (Lipinski definition) is 5. The molecule has 0 radical (unpaired) electrons. The van der Waals surface area contributed by atoms with E-state index in [9.17, 15) is 4.79 Å². The maximum Gasteiger partial charge on any atom is 0.282 e. The van der Waals surface area contributed by atoms with Crippen LogP contribution < -0.4 is 5.32 Å². The van der Waals surface area contributed by atoms with Crippen molar-refractivity contribution in [3.05, 3.63) is 23.0 Å². The first-order chi connectivity index (χ1) is 6.86. The number of fused-ring (bicyclic) bond motifs is 2. The van der Waals surface area contributed by atoms with Gasteiger partial charge in [0.25, 0.3) is 5.91 Å². The summed E-state index contributed by atoms with van der Waals surface area (Å²) < 4.78 is 0. The zero-order chi connectivity index (χ0) is 9.54. The van der Waals surface area contributed by atoms with Crippen molar-refractivity contribution in [3.63, 3.8) is 0 Å². The summed E-state index contributed by atoms with van der Waals surface area (Å²) in [5.41, 5.74) is 1.75. The summed E-state index contributed by atoms with van der Waals surface area (Å²) in [6, 6.07) is 0. The maximum atomic E-state index is 11.4. The summed E-state index contributed by atoms with van der Waals surface area (Å²) in [6.07, 6.45) is 3.09. The third-order valence-electron chi connectivity index (χ3n) is 2.11. The van der Waals surface area contributed by atoms with Crippen molar-refractivity contribution in [1.82, 2.24) is 5.32 Å². The molecule has 3 aliphatic rings. The standard InChI is InChI=1S/C8H5N5O/c14-8-5-2-11-13-6(5)4-1-9-3-10-7(4)12-8/h1-2H,3H2,(H,10,12,14). The summed E-state index contributed by atoms with van der Waals surface area (Å²) in [6.45, 7) is 0.444. The first-order valence-corrected chi connectivity index (χ1v) is 4.09. The number of hydrogen-bond donors (Lipinski definition) is 1. The van der Waals surface area contributed by atoms with Gasteiger partial charge < -0.3 is 5.32 Å². The van der Waals surface area contributed by atoms with Gasteiger partial charge in [-0.3, -0.25) is 9.79 Å². The molecule has 3 aliphatic heterocycles. The van der Waals surface area contributed by atoms with Gasteiger partial charge in [0.1, 0.15) is 18.2 Å². The molecule has 0 saturated heterocycles. The van der Waals surface area contributed by atoms with Crippen LogP contribution in [0.25, 0.3) is 0 Å². The molecule has 0 spiro atoms. The molecule has 3 heterocycles. The average molecular weight is 187 g/mol. The first-order valence-electron chi connectivity index (χ1n) is 4.09. The SMILES string of the molecule is O=C1N=C2NCN=CC2=C2N=NC=C12. The van der Waals surface area contributed by atoms with Crippen molar-refractivity contribution in [2.24, 2.45) is 20.2 Å². The van der Waals surface area contributed by atoms with Gasteiger partial charge in [0.05, 0.1) is 17.3 Å². The second-order valence-corrected chi connectivity index (χ2v) is 2.93. The van der Waals surface area contributed by atoms with E-state index in [-0.39, 0.29) is 5.91 Å². The zero-order valence-corrected chi connectivity index (χ0v) is 7.06. The Hall–Kier alpha value is -2.11. The predicted octanol–water partition coefficient (Wildman–Crippen LogP) is 0.160. The van der Waals surface area contributed by atoms with Gasteiger partial charge in [-0.2, -0.15) is 10.1 Å². The van der Waals surface area contributed by atoms with Crippen molar-refractivity contribution in [3.8, 4) is 0 Å². The molecule has 3 rings (SSSR count). The van der Waals surface area contributed by atoms with Gasteiger partial charge >= 0.3 is 0 Å². The van der Waals surface area contributed by atoms with E-state index in [0.717, 1.165) is 5.57 Å². The predicted molar refractivity (Wildman–Crippen MR) is 48.9 cm³/mol. The van der Waals surface area contributed by atoms with Crippen molar-refractivity contribution >= 4 is 18.0 Å². The molecule has 0 atom stereocenters. The molecule has 6 nitrogen and oxygen atoms in total. The fourth-order valence-corrected chi connectivity index (χ4v) is 1.46. The molecule has 1 amide bonds. The molecule has 14 heavy (non-hydrogen) atoms. The van der Waals surface area contributed by atoms with Crippen molar-refractivity contribution in [1.29, 1.82) is 0 Å². The number of nitrogens with zero attached hydrogens (tertiary/aromatic N) is 4. The van der Waals surface area contributed by atoms with Crippen LogP contribution in [0.4, 0.5) is 0 Å². The Morgan fingerprint density at radius 3 is 3.29 bits per heavy atom. The maximum absolute atomic E-state index is 11.4. The van der Waals surface area contributed by atoms with E-state index in [2.05, 4.69) is 25.5 Å². The number of azo groups is 1. The zero-order valence-electron chi connectivity index (χ0n) is 7.06. The molecule has 1 N–H and O–H groups in total. The summed E-state index contributed by atoms with van der Waals surface area (Å²) in [5.74, 6) is 0.240. The normalized spacial score (nSPS) is 22.7.